The lowest BCUT2D eigenvalue weighted by Gasteiger charge is -1.86. The zero-order chi connectivity index (χ0) is 6.95. The van der Waals surface area contributed by atoms with Crippen LogP contribution in [0.3, 0.4) is 0 Å². The van der Waals surface area contributed by atoms with Crippen molar-refractivity contribution in [3.63, 3.8) is 0 Å². The second kappa shape index (κ2) is 7.30. The van der Waals surface area contributed by atoms with Crippen molar-refractivity contribution in [2.75, 3.05) is 0 Å². The molecule has 1 radical (unpaired) electrons. The molecule has 0 atom stereocenters. The summed E-state index contributed by atoms with van der Waals surface area (Å²) < 4.78 is 0. The van der Waals surface area contributed by atoms with E-state index < -0.39 is 0 Å². The molecule has 0 bridgehead atoms. The second-order valence-electron chi connectivity index (χ2n) is 1.84. The summed E-state index contributed by atoms with van der Waals surface area (Å²) in [5, 5.41) is 0. The van der Waals surface area contributed by atoms with Crippen LogP contribution in [0.4, 0.5) is 0 Å². The summed E-state index contributed by atoms with van der Waals surface area (Å²) in [6.45, 7) is 5.66. The molecular formula is C9H13. The van der Waals surface area contributed by atoms with Crippen molar-refractivity contribution in [2.45, 2.75) is 26.2 Å². The predicted molar refractivity (Wildman–Crippen MR) is 41.8 cm³/mol. The van der Waals surface area contributed by atoms with E-state index in [1.807, 2.05) is 6.42 Å². The van der Waals surface area contributed by atoms with Crippen LogP contribution < -0.4 is 0 Å². The summed E-state index contributed by atoms with van der Waals surface area (Å²) >= 11 is 0. The van der Waals surface area contributed by atoms with Gasteiger partial charge in [0.05, 0.1) is 0 Å². The lowest BCUT2D eigenvalue weighted by atomic mass is 10.2. The van der Waals surface area contributed by atoms with Gasteiger partial charge in [-0.05, 0) is 12.5 Å². The maximum Gasteiger partial charge on any atom is 0.0344 e. The highest BCUT2D eigenvalue weighted by Gasteiger charge is 1.79. The van der Waals surface area contributed by atoms with Crippen LogP contribution in [0.5, 0.6) is 0 Å². The van der Waals surface area contributed by atoms with Crippen LogP contribution in [0, 0.1) is 18.3 Å². The van der Waals surface area contributed by atoms with Gasteiger partial charge in [-0.1, -0.05) is 38.2 Å². The van der Waals surface area contributed by atoms with Crippen LogP contribution >= 0.6 is 0 Å². The highest BCUT2D eigenvalue weighted by atomic mass is 13.8. The molecule has 0 aromatic rings. The van der Waals surface area contributed by atoms with Crippen LogP contribution in [0.1, 0.15) is 26.2 Å². The fourth-order valence-corrected chi connectivity index (χ4v) is 0.496. The first-order valence-corrected chi connectivity index (χ1v) is 3.35. The molecule has 0 spiro atoms. The molecule has 0 saturated carbocycles. The fraction of sp³-hybridized carbons (Fsp3) is 0.444. The van der Waals surface area contributed by atoms with E-state index in [-0.39, 0.29) is 0 Å². The van der Waals surface area contributed by atoms with E-state index in [1.165, 1.54) is 12.8 Å². The van der Waals surface area contributed by atoms with Crippen molar-refractivity contribution in [3.8, 4) is 11.8 Å². The molecule has 49 valence electrons. The molecule has 0 unspecified atom stereocenters. The molecule has 0 heteroatoms. The number of hydrogen-bond acceptors (Lipinski definition) is 0. The van der Waals surface area contributed by atoms with Gasteiger partial charge in [-0.15, -0.1) is 0 Å². The predicted octanol–water partition coefficient (Wildman–Crippen LogP) is 2.57. The zero-order valence-corrected chi connectivity index (χ0v) is 5.98. The van der Waals surface area contributed by atoms with Crippen LogP contribution in [0.25, 0.3) is 0 Å². The largest absolute Gasteiger partial charge is 0.0938 e. The highest BCUT2D eigenvalue weighted by molar-refractivity contribution is 5.18. The average Bonchev–Trinajstić information content (AvgIpc) is 1.89. The SMILES string of the molecule is C=CC#C[CH]CCCC. The molecule has 0 aliphatic rings. The first kappa shape index (κ1) is 8.30. The Labute approximate surface area is 58.0 Å². The maximum absolute atomic E-state index is 3.48. The fourth-order valence-electron chi connectivity index (χ4n) is 0.496. The third-order valence-corrected chi connectivity index (χ3v) is 0.989. The smallest absolute Gasteiger partial charge is 0.0344 e. The number of hydrogen-bond donors (Lipinski definition) is 0. The molecule has 0 amide bonds. The van der Waals surface area contributed by atoms with E-state index in [9.17, 15) is 0 Å². The number of allylic oxidation sites excluding steroid dienone is 1. The summed E-state index contributed by atoms with van der Waals surface area (Å²) in [5.74, 6) is 5.64. The highest BCUT2D eigenvalue weighted by Crippen LogP contribution is 1.95. The topological polar surface area (TPSA) is 0 Å². The molecule has 0 fully saturated rings. The van der Waals surface area contributed by atoms with E-state index in [0.717, 1.165) is 6.42 Å². The lowest BCUT2D eigenvalue weighted by Crippen LogP contribution is -1.71. The average molecular weight is 121 g/mol. The second-order valence-corrected chi connectivity index (χ2v) is 1.84. The van der Waals surface area contributed by atoms with E-state index >= 15 is 0 Å². The van der Waals surface area contributed by atoms with Gasteiger partial charge in [0.1, 0.15) is 0 Å². The summed E-state index contributed by atoms with van der Waals surface area (Å²) in [6, 6.07) is 0. The Morgan fingerprint density at radius 2 is 2.22 bits per heavy atom. The molecule has 0 aliphatic heterocycles. The van der Waals surface area contributed by atoms with E-state index in [2.05, 4.69) is 25.3 Å². The minimum absolute atomic E-state index is 1.11. The quantitative estimate of drug-likeness (QED) is 0.397. The van der Waals surface area contributed by atoms with Crippen LogP contribution in [0.15, 0.2) is 12.7 Å². The lowest BCUT2D eigenvalue weighted by molar-refractivity contribution is 0.798. The Morgan fingerprint density at radius 1 is 1.44 bits per heavy atom. The van der Waals surface area contributed by atoms with Gasteiger partial charge in [0.25, 0.3) is 0 Å². The molecule has 0 heterocycles. The monoisotopic (exact) mass is 121 g/mol. The first-order valence-electron chi connectivity index (χ1n) is 3.35. The Balaban J connectivity index is 2.99. The Hall–Kier alpha value is -0.700. The van der Waals surface area contributed by atoms with Gasteiger partial charge in [0.2, 0.25) is 0 Å². The summed E-state index contributed by atoms with van der Waals surface area (Å²) in [7, 11) is 0. The molecule has 0 saturated heterocycles. The summed E-state index contributed by atoms with van der Waals surface area (Å²) in [4.78, 5) is 0. The number of unbranched alkanes of at least 4 members (excludes halogenated alkanes) is 3. The van der Waals surface area contributed by atoms with E-state index in [4.69, 9.17) is 0 Å². The molecule has 0 rings (SSSR count). The van der Waals surface area contributed by atoms with Crippen molar-refractivity contribution in [1.82, 2.24) is 0 Å². The molecule has 0 aromatic carbocycles. The minimum atomic E-state index is 1.11. The van der Waals surface area contributed by atoms with Gasteiger partial charge in [0.15, 0.2) is 0 Å². The first-order chi connectivity index (χ1) is 4.41. The Morgan fingerprint density at radius 3 is 2.78 bits per heavy atom. The third-order valence-electron chi connectivity index (χ3n) is 0.989. The maximum atomic E-state index is 3.48. The molecule has 0 N–H and O–H groups in total. The van der Waals surface area contributed by atoms with Crippen molar-refractivity contribution >= 4 is 0 Å². The number of rotatable bonds is 3. The van der Waals surface area contributed by atoms with Gasteiger partial charge in [-0.25, -0.2) is 0 Å². The van der Waals surface area contributed by atoms with Crippen molar-refractivity contribution in [2.24, 2.45) is 0 Å². The van der Waals surface area contributed by atoms with Crippen molar-refractivity contribution in [1.29, 1.82) is 0 Å². The summed E-state index contributed by atoms with van der Waals surface area (Å²) in [6.07, 6.45) is 7.20. The van der Waals surface area contributed by atoms with E-state index in [0.29, 0.717) is 0 Å². The molecule has 0 aliphatic carbocycles. The molecular weight excluding hydrogens is 108 g/mol. The van der Waals surface area contributed by atoms with Crippen molar-refractivity contribution in [3.05, 3.63) is 19.1 Å². The van der Waals surface area contributed by atoms with E-state index in [1.54, 1.807) is 6.08 Å². The molecule has 9 heavy (non-hydrogen) atoms. The Kier molecular flexibility index (Phi) is 6.73. The zero-order valence-electron chi connectivity index (χ0n) is 5.98. The van der Waals surface area contributed by atoms with Gasteiger partial charge in [-0.3, -0.25) is 0 Å². The standard InChI is InChI=1S/C9H13/c1-3-5-7-9-8-6-4-2/h3,9H,1,4,6,8H2,2H3. The molecule has 0 aromatic heterocycles. The third kappa shape index (κ3) is 7.30. The van der Waals surface area contributed by atoms with Crippen LogP contribution in [-0.4, -0.2) is 0 Å². The van der Waals surface area contributed by atoms with Gasteiger partial charge < -0.3 is 0 Å². The van der Waals surface area contributed by atoms with Crippen LogP contribution in [-0.2, 0) is 0 Å². The van der Waals surface area contributed by atoms with Gasteiger partial charge in [0, 0.05) is 6.42 Å². The molecule has 0 nitrogen and oxygen atoms in total. The van der Waals surface area contributed by atoms with Gasteiger partial charge in [-0.2, -0.15) is 0 Å². The summed E-state index contributed by atoms with van der Waals surface area (Å²) in [5.41, 5.74) is 0. The minimum Gasteiger partial charge on any atom is -0.0938 e. The van der Waals surface area contributed by atoms with Crippen molar-refractivity contribution < 1.29 is 0 Å². The Bertz CT molecular complexity index is 112. The normalized spacial score (nSPS) is 7.67. The van der Waals surface area contributed by atoms with Crippen LogP contribution in [0.2, 0.25) is 0 Å². The van der Waals surface area contributed by atoms with Gasteiger partial charge >= 0.3 is 0 Å².